The molecular formula is C28H53NO10P+. The van der Waals surface area contributed by atoms with Crippen LogP contribution in [0.15, 0.2) is 0 Å². The number of likely N-dealkylation sites (N-methyl/N-ethyl adjacent to an activating group) is 1. The summed E-state index contributed by atoms with van der Waals surface area (Å²) in [6, 6.07) is 0. The van der Waals surface area contributed by atoms with Crippen LogP contribution in [0.5, 0.6) is 0 Å². The molecule has 0 spiro atoms. The van der Waals surface area contributed by atoms with Gasteiger partial charge < -0.3 is 19.5 Å². The number of phosphoric acid groups is 1. The van der Waals surface area contributed by atoms with Crippen molar-refractivity contribution in [2.24, 2.45) is 0 Å². The van der Waals surface area contributed by atoms with E-state index in [2.05, 4.69) is 13.6 Å². The molecule has 0 aromatic rings. The Morgan fingerprint density at radius 2 is 1.30 bits per heavy atom. The standard InChI is InChI=1S/C28H52NO10P/c1-4-5-6-7-8-9-10-11-12-13-14-15-16-19-27(32)36-23-25(39-28(33)20-17-18-26(30)31)24-38-40(34,35)37-22-21-29(2)3/h25H,2,4-24H2,1,3H3,(H-,30,31,34,35)/p+1/t25-/m1/s1. The summed E-state index contributed by atoms with van der Waals surface area (Å²) in [6.07, 6.45) is 14.3. The van der Waals surface area contributed by atoms with Crippen LogP contribution < -0.4 is 0 Å². The maximum absolute atomic E-state index is 12.2. The lowest BCUT2D eigenvalue weighted by Gasteiger charge is -2.19. The molecule has 0 saturated heterocycles. The molecule has 234 valence electrons. The second kappa shape index (κ2) is 24.9. The molecule has 0 aromatic carbocycles. The Labute approximate surface area is 240 Å². The van der Waals surface area contributed by atoms with E-state index in [9.17, 15) is 23.8 Å². The molecule has 0 radical (unpaired) electrons. The predicted molar refractivity (Wildman–Crippen MR) is 153 cm³/mol. The van der Waals surface area contributed by atoms with Gasteiger partial charge in [-0.25, -0.2) is 9.14 Å². The van der Waals surface area contributed by atoms with Gasteiger partial charge in [0.15, 0.2) is 12.6 Å². The molecule has 2 atom stereocenters. The van der Waals surface area contributed by atoms with Crippen molar-refractivity contribution in [1.82, 2.24) is 0 Å². The van der Waals surface area contributed by atoms with Gasteiger partial charge in [0.25, 0.3) is 0 Å². The number of hydrogen-bond donors (Lipinski definition) is 2. The largest absolute Gasteiger partial charge is 0.481 e. The number of unbranched alkanes of at least 4 members (excludes halogenated alkanes) is 12. The highest BCUT2D eigenvalue weighted by atomic mass is 31.2. The zero-order chi connectivity index (χ0) is 30.1. The SMILES string of the molecule is C=[N+](C)CCOP(=O)(O)OC[C@@H](COC(=O)CCCCCCCCCCCCCCC)OC(=O)CCCC(=O)O. The monoisotopic (exact) mass is 594 g/mol. The zero-order valence-electron chi connectivity index (χ0n) is 24.7. The molecule has 40 heavy (non-hydrogen) atoms. The van der Waals surface area contributed by atoms with Crippen molar-refractivity contribution in [3.05, 3.63) is 0 Å². The van der Waals surface area contributed by atoms with Crippen LogP contribution in [0, 0.1) is 0 Å². The molecule has 0 amide bonds. The molecule has 0 aliphatic heterocycles. The van der Waals surface area contributed by atoms with E-state index in [1.807, 2.05) is 0 Å². The minimum atomic E-state index is -4.44. The molecule has 0 rings (SSSR count). The van der Waals surface area contributed by atoms with Crippen LogP contribution in [-0.2, 0) is 37.5 Å². The Balaban J connectivity index is 4.28. The number of carbonyl (C=O) groups is 3. The number of aliphatic carboxylic acids is 1. The highest BCUT2D eigenvalue weighted by Gasteiger charge is 2.26. The van der Waals surface area contributed by atoms with Crippen LogP contribution in [-0.4, -0.2) is 78.7 Å². The van der Waals surface area contributed by atoms with E-state index in [4.69, 9.17) is 23.6 Å². The highest BCUT2D eigenvalue weighted by Crippen LogP contribution is 2.43. The van der Waals surface area contributed by atoms with Gasteiger partial charge in [-0.3, -0.25) is 23.4 Å². The second-order valence-corrected chi connectivity index (χ2v) is 11.7. The molecule has 0 fully saturated rings. The molecule has 0 heterocycles. The fraction of sp³-hybridized carbons (Fsp3) is 0.857. The Hall–Kier alpha value is -1.81. The third kappa shape index (κ3) is 26.4. The van der Waals surface area contributed by atoms with E-state index in [0.29, 0.717) is 6.42 Å². The van der Waals surface area contributed by atoms with Gasteiger partial charge in [0.05, 0.1) is 6.61 Å². The lowest BCUT2D eigenvalue weighted by atomic mass is 10.0. The number of nitrogens with zero attached hydrogens (tertiary/aromatic N) is 1. The second-order valence-electron chi connectivity index (χ2n) is 10.2. The van der Waals surface area contributed by atoms with Gasteiger partial charge in [-0.15, -0.1) is 0 Å². The number of rotatable bonds is 28. The van der Waals surface area contributed by atoms with E-state index >= 15 is 0 Å². The van der Waals surface area contributed by atoms with Crippen LogP contribution in [0.3, 0.4) is 0 Å². The first-order valence-corrected chi connectivity index (χ1v) is 16.3. The fourth-order valence-corrected chi connectivity index (χ4v) is 4.56. The molecule has 12 heteroatoms. The number of hydrogen-bond acceptors (Lipinski definition) is 8. The van der Waals surface area contributed by atoms with Gasteiger partial charge >= 0.3 is 25.7 Å². The first-order chi connectivity index (χ1) is 19.1. The van der Waals surface area contributed by atoms with Crippen molar-refractivity contribution in [2.75, 3.05) is 33.4 Å². The smallest absolute Gasteiger partial charge is 0.472 e. The third-order valence-electron chi connectivity index (χ3n) is 6.14. The molecule has 0 aliphatic rings. The predicted octanol–water partition coefficient (Wildman–Crippen LogP) is 5.65. The van der Waals surface area contributed by atoms with Crippen LogP contribution in [0.1, 0.15) is 116 Å². The van der Waals surface area contributed by atoms with Crippen LogP contribution in [0.2, 0.25) is 0 Å². The lowest BCUT2D eigenvalue weighted by Crippen LogP contribution is -2.29. The minimum absolute atomic E-state index is 0.0702. The van der Waals surface area contributed by atoms with Crippen molar-refractivity contribution in [3.8, 4) is 0 Å². The van der Waals surface area contributed by atoms with Gasteiger partial charge in [-0.2, -0.15) is 0 Å². The van der Waals surface area contributed by atoms with E-state index in [1.165, 1.54) is 62.4 Å². The van der Waals surface area contributed by atoms with E-state index in [0.717, 1.165) is 19.3 Å². The number of phosphoric ester groups is 1. The summed E-state index contributed by atoms with van der Waals surface area (Å²) in [5.74, 6) is -2.23. The summed E-state index contributed by atoms with van der Waals surface area (Å²) in [5, 5.41) is 8.72. The molecular weight excluding hydrogens is 541 g/mol. The Kier molecular flexibility index (Phi) is 23.8. The molecule has 0 bridgehead atoms. The third-order valence-corrected chi connectivity index (χ3v) is 7.12. The van der Waals surface area contributed by atoms with Gasteiger partial charge in [-0.05, 0) is 12.8 Å². The van der Waals surface area contributed by atoms with Crippen molar-refractivity contribution in [2.45, 2.75) is 122 Å². The molecule has 0 aliphatic carbocycles. The zero-order valence-corrected chi connectivity index (χ0v) is 25.6. The minimum Gasteiger partial charge on any atom is -0.481 e. The first kappa shape index (κ1) is 38.2. The summed E-state index contributed by atoms with van der Waals surface area (Å²) >= 11 is 0. The summed E-state index contributed by atoms with van der Waals surface area (Å²) < 4.78 is 33.8. The highest BCUT2D eigenvalue weighted by molar-refractivity contribution is 7.47. The van der Waals surface area contributed by atoms with Crippen molar-refractivity contribution >= 4 is 32.4 Å². The van der Waals surface area contributed by atoms with Crippen molar-refractivity contribution in [1.29, 1.82) is 0 Å². The molecule has 0 aromatic heterocycles. The fourth-order valence-electron chi connectivity index (χ4n) is 3.82. The average Bonchev–Trinajstić information content (AvgIpc) is 2.87. The maximum atomic E-state index is 12.2. The Morgan fingerprint density at radius 3 is 1.82 bits per heavy atom. The molecule has 0 saturated carbocycles. The Morgan fingerprint density at radius 1 is 0.775 bits per heavy atom. The van der Waals surface area contributed by atoms with Crippen molar-refractivity contribution < 1.29 is 52.0 Å². The summed E-state index contributed by atoms with van der Waals surface area (Å²) in [6.45, 7) is 5.11. The number of carboxylic acid groups (broad SMARTS) is 1. The summed E-state index contributed by atoms with van der Waals surface area (Å²) in [4.78, 5) is 44.7. The number of esters is 2. The molecule has 11 nitrogen and oxygen atoms in total. The number of ether oxygens (including phenoxy) is 2. The van der Waals surface area contributed by atoms with Crippen molar-refractivity contribution in [3.63, 3.8) is 0 Å². The van der Waals surface area contributed by atoms with E-state index in [-0.39, 0.29) is 45.4 Å². The van der Waals surface area contributed by atoms with Gasteiger partial charge in [0, 0.05) is 19.3 Å². The number of carboxylic acids is 1. The van der Waals surface area contributed by atoms with Gasteiger partial charge in [0.1, 0.15) is 27.0 Å². The first-order valence-electron chi connectivity index (χ1n) is 14.8. The van der Waals surface area contributed by atoms with Crippen LogP contribution in [0.25, 0.3) is 0 Å². The Bertz CT molecular complexity index is 761. The van der Waals surface area contributed by atoms with Gasteiger partial charge in [0.2, 0.25) is 0 Å². The average molecular weight is 595 g/mol. The maximum Gasteiger partial charge on any atom is 0.472 e. The normalized spacial score (nSPS) is 13.4. The van der Waals surface area contributed by atoms with Crippen LogP contribution in [0.4, 0.5) is 0 Å². The number of carbonyl (C=O) groups excluding carboxylic acids is 2. The van der Waals surface area contributed by atoms with Gasteiger partial charge in [-0.1, -0.05) is 84.0 Å². The summed E-state index contributed by atoms with van der Waals surface area (Å²) in [5.41, 5.74) is 0. The summed E-state index contributed by atoms with van der Waals surface area (Å²) in [7, 11) is -2.77. The lowest BCUT2D eigenvalue weighted by molar-refractivity contribution is -0.490. The topological polar surface area (TPSA) is 149 Å². The molecule has 1 unspecified atom stereocenters. The molecule has 2 N–H and O–H groups in total. The quantitative estimate of drug-likeness (QED) is 0.0382. The van der Waals surface area contributed by atoms with E-state index < -0.39 is 38.4 Å². The van der Waals surface area contributed by atoms with Crippen LogP contribution >= 0.6 is 7.82 Å². The van der Waals surface area contributed by atoms with E-state index in [1.54, 1.807) is 7.05 Å².